The normalized spacial score (nSPS) is 41.4. The minimum absolute atomic E-state index is 0.687. The van der Waals surface area contributed by atoms with Crippen LogP contribution in [0.15, 0.2) is 0 Å². The number of rotatable bonds is 2. The molecule has 0 aromatic heterocycles. The molecule has 3 aliphatic rings. The Hall–Kier alpha value is -0.120. The van der Waals surface area contributed by atoms with Gasteiger partial charge in [0.25, 0.3) is 0 Å². The Morgan fingerprint density at radius 2 is 1.81 bits per heavy atom. The lowest BCUT2D eigenvalue weighted by Gasteiger charge is -2.38. The Morgan fingerprint density at radius 1 is 0.875 bits per heavy atom. The standard InChI is InChI=1S/C13H25N3/c14-10-11-4-3-8-16(11)13-6-9-15-7-2-1-5-12(13)15/h11-13H,1-10,14H2. The summed E-state index contributed by atoms with van der Waals surface area (Å²) in [6.07, 6.45) is 8.38. The summed E-state index contributed by atoms with van der Waals surface area (Å²) in [4.78, 5) is 5.48. The van der Waals surface area contributed by atoms with Gasteiger partial charge in [0.2, 0.25) is 0 Å². The van der Waals surface area contributed by atoms with E-state index in [1.165, 1.54) is 58.2 Å². The zero-order valence-electron chi connectivity index (χ0n) is 10.3. The fourth-order valence-electron chi connectivity index (χ4n) is 4.16. The lowest BCUT2D eigenvalue weighted by Crippen LogP contribution is -2.50. The molecule has 16 heavy (non-hydrogen) atoms. The molecule has 3 aliphatic heterocycles. The van der Waals surface area contributed by atoms with Crippen molar-refractivity contribution in [3.63, 3.8) is 0 Å². The predicted octanol–water partition coefficient (Wildman–Crippen LogP) is 1.04. The van der Waals surface area contributed by atoms with E-state index >= 15 is 0 Å². The highest BCUT2D eigenvalue weighted by atomic mass is 15.3. The third-order valence-corrected chi connectivity index (χ3v) is 4.94. The Balaban J connectivity index is 1.70. The van der Waals surface area contributed by atoms with Gasteiger partial charge in [0, 0.05) is 31.2 Å². The predicted molar refractivity (Wildman–Crippen MR) is 66.4 cm³/mol. The van der Waals surface area contributed by atoms with Crippen molar-refractivity contribution < 1.29 is 0 Å². The maximum atomic E-state index is 5.90. The van der Waals surface area contributed by atoms with E-state index in [-0.39, 0.29) is 0 Å². The quantitative estimate of drug-likeness (QED) is 0.759. The van der Waals surface area contributed by atoms with Crippen molar-refractivity contribution in [3.05, 3.63) is 0 Å². The molecule has 0 amide bonds. The van der Waals surface area contributed by atoms with E-state index in [2.05, 4.69) is 9.80 Å². The first kappa shape index (κ1) is 11.0. The molecule has 2 N–H and O–H groups in total. The van der Waals surface area contributed by atoms with Gasteiger partial charge >= 0.3 is 0 Å². The summed E-state index contributed by atoms with van der Waals surface area (Å²) in [5, 5.41) is 0. The highest BCUT2D eigenvalue weighted by Crippen LogP contribution is 2.33. The summed E-state index contributed by atoms with van der Waals surface area (Å²) in [5.74, 6) is 0. The zero-order valence-corrected chi connectivity index (χ0v) is 10.3. The molecule has 3 heterocycles. The van der Waals surface area contributed by atoms with Crippen LogP contribution in [-0.4, -0.2) is 54.1 Å². The van der Waals surface area contributed by atoms with Crippen LogP contribution >= 0.6 is 0 Å². The van der Waals surface area contributed by atoms with Gasteiger partial charge in [0.05, 0.1) is 0 Å². The number of nitrogens with two attached hydrogens (primary N) is 1. The Kier molecular flexibility index (Phi) is 3.18. The number of likely N-dealkylation sites (tertiary alicyclic amines) is 1. The molecule has 3 heteroatoms. The van der Waals surface area contributed by atoms with Crippen LogP contribution in [0.5, 0.6) is 0 Å². The molecule has 0 saturated carbocycles. The van der Waals surface area contributed by atoms with Gasteiger partial charge in [-0.2, -0.15) is 0 Å². The molecule has 0 bridgehead atoms. The Bertz CT molecular complexity index is 243. The third kappa shape index (κ3) is 1.79. The average Bonchev–Trinajstić information content (AvgIpc) is 2.94. The van der Waals surface area contributed by atoms with Crippen molar-refractivity contribution in [1.29, 1.82) is 0 Å². The lowest BCUT2D eigenvalue weighted by molar-refractivity contribution is 0.107. The summed E-state index contributed by atoms with van der Waals surface area (Å²) in [7, 11) is 0. The fourth-order valence-corrected chi connectivity index (χ4v) is 4.16. The molecule has 3 rings (SSSR count). The molecule has 3 fully saturated rings. The summed E-state index contributed by atoms with van der Waals surface area (Å²) in [5.41, 5.74) is 5.90. The van der Waals surface area contributed by atoms with E-state index in [1.54, 1.807) is 0 Å². The number of hydrogen-bond donors (Lipinski definition) is 1. The summed E-state index contributed by atoms with van der Waals surface area (Å²) in [6.45, 7) is 4.85. The van der Waals surface area contributed by atoms with Gasteiger partial charge in [0.1, 0.15) is 0 Å². The number of nitrogens with zero attached hydrogens (tertiary/aromatic N) is 2. The second-order valence-electron chi connectivity index (χ2n) is 5.72. The second kappa shape index (κ2) is 4.63. The maximum absolute atomic E-state index is 5.90. The van der Waals surface area contributed by atoms with Crippen LogP contribution in [0.3, 0.4) is 0 Å². The molecule has 92 valence electrons. The van der Waals surface area contributed by atoms with Gasteiger partial charge in [-0.05, 0) is 45.2 Å². The molecule has 0 aliphatic carbocycles. The largest absolute Gasteiger partial charge is 0.329 e. The van der Waals surface area contributed by atoms with Crippen molar-refractivity contribution in [2.75, 3.05) is 26.2 Å². The van der Waals surface area contributed by atoms with Crippen LogP contribution in [0.1, 0.15) is 38.5 Å². The monoisotopic (exact) mass is 223 g/mol. The Labute approximate surface area is 99.0 Å². The first-order valence-electron chi connectivity index (χ1n) is 7.10. The number of fused-ring (bicyclic) bond motifs is 1. The Morgan fingerprint density at radius 3 is 2.69 bits per heavy atom. The van der Waals surface area contributed by atoms with Crippen LogP contribution in [0.2, 0.25) is 0 Å². The van der Waals surface area contributed by atoms with Crippen LogP contribution in [0.25, 0.3) is 0 Å². The minimum atomic E-state index is 0.687. The smallest absolute Gasteiger partial charge is 0.0267 e. The molecule has 3 saturated heterocycles. The van der Waals surface area contributed by atoms with Crippen LogP contribution in [0.4, 0.5) is 0 Å². The highest BCUT2D eigenvalue weighted by Gasteiger charge is 2.41. The summed E-state index contributed by atoms with van der Waals surface area (Å²) < 4.78 is 0. The lowest BCUT2D eigenvalue weighted by atomic mass is 9.97. The van der Waals surface area contributed by atoms with E-state index in [0.717, 1.165) is 18.6 Å². The summed E-state index contributed by atoms with van der Waals surface area (Å²) in [6, 6.07) is 2.38. The van der Waals surface area contributed by atoms with Crippen molar-refractivity contribution >= 4 is 0 Å². The van der Waals surface area contributed by atoms with Crippen molar-refractivity contribution in [3.8, 4) is 0 Å². The van der Waals surface area contributed by atoms with E-state index in [9.17, 15) is 0 Å². The topological polar surface area (TPSA) is 32.5 Å². The molecule has 3 unspecified atom stereocenters. The van der Waals surface area contributed by atoms with Crippen molar-refractivity contribution in [2.45, 2.75) is 56.7 Å². The number of hydrogen-bond acceptors (Lipinski definition) is 3. The second-order valence-corrected chi connectivity index (χ2v) is 5.72. The van der Waals surface area contributed by atoms with Crippen molar-refractivity contribution in [1.82, 2.24) is 9.80 Å². The van der Waals surface area contributed by atoms with Gasteiger partial charge in [-0.1, -0.05) is 6.42 Å². The first-order chi connectivity index (χ1) is 7.90. The fraction of sp³-hybridized carbons (Fsp3) is 1.00. The van der Waals surface area contributed by atoms with Gasteiger partial charge < -0.3 is 5.73 Å². The van der Waals surface area contributed by atoms with Gasteiger partial charge in [0.15, 0.2) is 0 Å². The van der Waals surface area contributed by atoms with Gasteiger partial charge in [-0.15, -0.1) is 0 Å². The van der Waals surface area contributed by atoms with E-state index in [4.69, 9.17) is 5.73 Å². The van der Waals surface area contributed by atoms with E-state index in [0.29, 0.717) is 6.04 Å². The minimum Gasteiger partial charge on any atom is -0.329 e. The van der Waals surface area contributed by atoms with Crippen LogP contribution in [-0.2, 0) is 0 Å². The molecular weight excluding hydrogens is 198 g/mol. The maximum Gasteiger partial charge on any atom is 0.0267 e. The molecule has 3 nitrogen and oxygen atoms in total. The summed E-state index contributed by atoms with van der Waals surface area (Å²) >= 11 is 0. The molecular formula is C13H25N3. The van der Waals surface area contributed by atoms with Crippen molar-refractivity contribution in [2.24, 2.45) is 5.73 Å². The molecule has 0 aromatic rings. The van der Waals surface area contributed by atoms with E-state index in [1.807, 2.05) is 0 Å². The van der Waals surface area contributed by atoms with Gasteiger partial charge in [-0.3, -0.25) is 9.80 Å². The van der Waals surface area contributed by atoms with E-state index < -0.39 is 0 Å². The first-order valence-corrected chi connectivity index (χ1v) is 7.10. The number of piperidine rings is 1. The average molecular weight is 223 g/mol. The highest BCUT2D eigenvalue weighted by molar-refractivity contribution is 4.98. The zero-order chi connectivity index (χ0) is 11.0. The molecule has 0 radical (unpaired) electrons. The van der Waals surface area contributed by atoms with Crippen LogP contribution < -0.4 is 5.73 Å². The SMILES string of the molecule is NCC1CCCN1C1CCN2CCCCC12. The molecule has 0 aromatic carbocycles. The molecule has 0 spiro atoms. The van der Waals surface area contributed by atoms with Gasteiger partial charge in [-0.25, -0.2) is 0 Å². The van der Waals surface area contributed by atoms with Crippen LogP contribution in [0, 0.1) is 0 Å². The third-order valence-electron chi connectivity index (χ3n) is 4.94. The molecule has 3 atom stereocenters.